The Balaban J connectivity index is 0.883. The fourth-order valence-corrected chi connectivity index (χ4v) is 19.6. The van der Waals surface area contributed by atoms with Crippen molar-refractivity contribution in [2.75, 3.05) is 0 Å². The molecule has 6 unspecified atom stereocenters. The number of thioether (sulfide) groups is 8. The molecule has 4 heterocycles. The molecule has 6 atom stereocenters. The number of rotatable bonds is 1. The van der Waals surface area contributed by atoms with E-state index in [9.17, 15) is 0 Å². The Morgan fingerprint density at radius 1 is 0.472 bits per heavy atom. The molecule has 0 aromatic heterocycles. The first-order chi connectivity index (χ1) is 17.7. The monoisotopic (exact) mass is 612 g/mol. The summed E-state index contributed by atoms with van der Waals surface area (Å²) in [5.74, 6) is 2.83. The maximum Gasteiger partial charge on any atom is 0.0814 e. The van der Waals surface area contributed by atoms with Crippen molar-refractivity contribution in [3.63, 3.8) is 0 Å². The second kappa shape index (κ2) is 8.02. The molecule has 0 saturated carbocycles. The van der Waals surface area contributed by atoms with Gasteiger partial charge in [-0.15, -0.1) is 70.6 Å². The van der Waals surface area contributed by atoms with Crippen LogP contribution in [-0.2, 0) is 0 Å². The molecule has 1 fully saturated rings. The fraction of sp³-hybridized carbons (Fsp3) is 0.357. The van der Waals surface area contributed by atoms with Gasteiger partial charge in [-0.25, -0.2) is 0 Å². The van der Waals surface area contributed by atoms with Gasteiger partial charge in [-0.2, -0.15) is 0 Å². The number of benzene rings is 1. The van der Waals surface area contributed by atoms with Gasteiger partial charge in [0.15, 0.2) is 0 Å². The Hall–Kier alpha value is 0.460. The summed E-state index contributed by atoms with van der Waals surface area (Å²) >= 11 is 17.1. The maximum absolute atomic E-state index is 2.63. The van der Waals surface area contributed by atoms with Gasteiger partial charge in [-0.3, -0.25) is 0 Å². The molecule has 4 bridgehead atoms. The van der Waals surface area contributed by atoms with Crippen molar-refractivity contribution >= 4 is 94.1 Å². The molecule has 0 nitrogen and oxygen atoms in total. The van der Waals surface area contributed by atoms with Gasteiger partial charge in [0.05, 0.1) is 9.16 Å². The number of fused-ring (bicyclic) bond motifs is 12. The van der Waals surface area contributed by atoms with Crippen molar-refractivity contribution in [3.8, 4) is 0 Å². The molecule has 9 aliphatic rings. The van der Waals surface area contributed by atoms with Crippen molar-refractivity contribution in [1.29, 1.82) is 0 Å². The first-order valence-electron chi connectivity index (χ1n) is 12.6. The summed E-state index contributed by atoms with van der Waals surface area (Å²) in [6, 6.07) is 5.04. The minimum atomic E-state index is 0.587. The van der Waals surface area contributed by atoms with E-state index in [1.165, 1.54) is 32.4 Å². The van der Waals surface area contributed by atoms with Crippen LogP contribution in [0, 0.1) is 23.7 Å². The Kier molecular flexibility index (Phi) is 4.94. The Morgan fingerprint density at radius 2 is 0.917 bits per heavy atom. The van der Waals surface area contributed by atoms with Gasteiger partial charge < -0.3 is 0 Å². The van der Waals surface area contributed by atoms with Crippen LogP contribution >= 0.6 is 94.1 Å². The Morgan fingerprint density at radius 3 is 1.42 bits per heavy atom. The van der Waals surface area contributed by atoms with Crippen molar-refractivity contribution in [1.82, 2.24) is 0 Å². The van der Waals surface area contributed by atoms with Crippen molar-refractivity contribution in [2.45, 2.75) is 52.1 Å². The van der Waals surface area contributed by atoms with Crippen LogP contribution in [-0.4, -0.2) is 19.7 Å². The predicted octanol–water partition coefficient (Wildman–Crippen LogP) is 10.0. The summed E-state index contributed by atoms with van der Waals surface area (Å²) in [5, 5.41) is 1.24. The summed E-state index contributed by atoms with van der Waals surface area (Å²) in [6.07, 6.45) is 17.8. The third-order valence-electron chi connectivity index (χ3n) is 8.37. The first kappa shape index (κ1) is 22.2. The summed E-state index contributed by atoms with van der Waals surface area (Å²) in [5.41, 5.74) is 0. The van der Waals surface area contributed by atoms with Gasteiger partial charge in [0, 0.05) is 83.2 Å². The Bertz CT molecular complexity index is 1360. The first-order valence-corrected chi connectivity index (χ1v) is 19.5. The molecular weight excluding hydrogens is 593 g/mol. The van der Waals surface area contributed by atoms with Crippen LogP contribution in [0.5, 0.6) is 0 Å². The van der Waals surface area contributed by atoms with Gasteiger partial charge in [0.25, 0.3) is 0 Å². The lowest BCUT2D eigenvalue weighted by Gasteiger charge is -2.33. The second-order valence-electron chi connectivity index (χ2n) is 10.5. The number of hydrogen-bond acceptors (Lipinski definition) is 8. The van der Waals surface area contributed by atoms with Gasteiger partial charge >= 0.3 is 0 Å². The smallest absolute Gasteiger partial charge is 0.0814 e. The van der Waals surface area contributed by atoms with Crippen LogP contribution in [0.4, 0.5) is 0 Å². The molecule has 0 N–H and O–H groups in total. The number of hydrogen-bond donors (Lipinski definition) is 0. The third kappa shape index (κ3) is 3.16. The average Bonchev–Trinajstić information content (AvgIpc) is 3.73. The molecule has 1 saturated heterocycles. The molecule has 0 radical (unpaired) electrons. The van der Waals surface area contributed by atoms with Crippen molar-refractivity contribution in [3.05, 3.63) is 78.0 Å². The SMILES string of the molecule is C1=CC2CC1C1=C2Sc2cc3c(cc2S1)SC(C1SC2=CC4SC5=C(SC4C=C2S1)C1C=CC5C1)S3. The van der Waals surface area contributed by atoms with E-state index in [1.807, 2.05) is 0 Å². The van der Waals surface area contributed by atoms with Crippen molar-refractivity contribution < 1.29 is 0 Å². The van der Waals surface area contributed by atoms with Crippen molar-refractivity contribution in [2.24, 2.45) is 23.7 Å². The van der Waals surface area contributed by atoms with Gasteiger partial charge in [-0.05, 0) is 25.0 Å². The van der Waals surface area contributed by atoms with E-state index in [0.717, 1.165) is 11.8 Å². The van der Waals surface area contributed by atoms with E-state index in [1.54, 1.807) is 29.4 Å². The van der Waals surface area contributed by atoms with Crippen LogP contribution in [0.2, 0.25) is 0 Å². The minimum Gasteiger partial charge on any atom is -0.120 e. The normalized spacial score (nSPS) is 41.8. The zero-order valence-corrected chi connectivity index (χ0v) is 25.4. The summed E-state index contributed by atoms with van der Waals surface area (Å²) in [7, 11) is 0. The highest BCUT2D eigenvalue weighted by Gasteiger charge is 2.46. The molecule has 10 rings (SSSR count). The molecule has 0 spiro atoms. The predicted molar refractivity (Wildman–Crippen MR) is 167 cm³/mol. The van der Waals surface area contributed by atoms with Crippen LogP contribution in [0.3, 0.4) is 0 Å². The fourth-order valence-electron chi connectivity index (χ4n) is 6.67. The van der Waals surface area contributed by atoms with Gasteiger partial charge in [0.2, 0.25) is 0 Å². The zero-order chi connectivity index (χ0) is 23.1. The minimum absolute atomic E-state index is 0.587. The van der Waals surface area contributed by atoms with E-state index in [4.69, 9.17) is 0 Å². The van der Waals surface area contributed by atoms with E-state index >= 15 is 0 Å². The van der Waals surface area contributed by atoms with Crippen LogP contribution < -0.4 is 0 Å². The lowest BCUT2D eigenvalue weighted by Crippen LogP contribution is -2.24. The molecule has 0 amide bonds. The molecule has 8 heteroatoms. The molecule has 180 valence electrons. The maximum atomic E-state index is 2.63. The van der Waals surface area contributed by atoms with E-state index < -0.39 is 0 Å². The summed E-state index contributed by atoms with van der Waals surface area (Å²) < 4.78 is 1.18. The van der Waals surface area contributed by atoms with Crippen LogP contribution in [0.1, 0.15) is 12.8 Å². The molecule has 1 aromatic carbocycles. The lowest BCUT2D eigenvalue weighted by atomic mass is 10.1. The largest absolute Gasteiger partial charge is 0.120 e. The highest BCUT2D eigenvalue weighted by Crippen LogP contribution is 2.67. The van der Waals surface area contributed by atoms with Crippen LogP contribution in [0.25, 0.3) is 0 Å². The zero-order valence-electron chi connectivity index (χ0n) is 18.9. The van der Waals surface area contributed by atoms with E-state index in [-0.39, 0.29) is 0 Å². The quantitative estimate of drug-likeness (QED) is 0.284. The summed E-state index contributed by atoms with van der Waals surface area (Å²) in [4.78, 5) is 15.9. The average molecular weight is 613 g/mol. The van der Waals surface area contributed by atoms with E-state index in [2.05, 4.69) is 143 Å². The highest BCUT2D eigenvalue weighted by atomic mass is 32.2. The molecule has 5 aliphatic carbocycles. The second-order valence-corrected chi connectivity index (χ2v) is 20.4. The third-order valence-corrected chi connectivity index (χ3v) is 21.0. The molecule has 4 aliphatic heterocycles. The number of allylic oxidation sites excluding steroid dienone is 8. The molecule has 36 heavy (non-hydrogen) atoms. The Labute approximate surface area is 245 Å². The van der Waals surface area contributed by atoms with Crippen LogP contribution in [0.15, 0.2) is 97.6 Å². The standard InChI is InChI=1S/C28H20S8/c1-2-12-5-11(1)23-24(12)30-16-8-20-19(7-15(16)29-23)33-27(34-20)28-35-21-9-17-18(10-22(21)36-28)32-26-14-4-3-13(6-14)25(26)31-17/h1-4,7-16,27-28H,5-6H2. The lowest BCUT2D eigenvalue weighted by molar-refractivity contribution is 0.725. The topological polar surface area (TPSA) is 0 Å². The van der Waals surface area contributed by atoms with Gasteiger partial charge in [0.1, 0.15) is 0 Å². The molecule has 1 aromatic rings. The highest BCUT2D eigenvalue weighted by molar-refractivity contribution is 8.29. The van der Waals surface area contributed by atoms with E-state index in [0.29, 0.717) is 31.5 Å². The van der Waals surface area contributed by atoms with Gasteiger partial charge in [-0.1, -0.05) is 60.0 Å². The summed E-state index contributed by atoms with van der Waals surface area (Å²) in [6.45, 7) is 0. The molecular formula is C28H20S8.